The van der Waals surface area contributed by atoms with Gasteiger partial charge in [0, 0.05) is 5.54 Å². The van der Waals surface area contributed by atoms with E-state index in [2.05, 4.69) is 38.0 Å². The van der Waals surface area contributed by atoms with Crippen molar-refractivity contribution in [2.75, 3.05) is 33.2 Å². The van der Waals surface area contributed by atoms with Crippen molar-refractivity contribution < 1.29 is 0 Å². The molecule has 2 fully saturated rings. The Morgan fingerprint density at radius 3 is 1.71 bits per heavy atom. The summed E-state index contributed by atoms with van der Waals surface area (Å²) >= 11 is 0. The summed E-state index contributed by atoms with van der Waals surface area (Å²) in [5.74, 6) is 0. The topological polar surface area (TPSA) is 41.3 Å². The fourth-order valence-electron chi connectivity index (χ4n) is 2.23. The van der Waals surface area contributed by atoms with Gasteiger partial charge in [-0.1, -0.05) is 13.8 Å². The summed E-state index contributed by atoms with van der Waals surface area (Å²) in [6, 6.07) is 0. The van der Waals surface area contributed by atoms with E-state index in [1.54, 1.807) is 0 Å². The monoisotopic (exact) mass is 241 g/mol. The number of nitrogens with zero attached hydrogens (tertiary/aromatic N) is 1. The van der Waals surface area contributed by atoms with E-state index in [-0.39, 0.29) is 5.54 Å². The number of hydrogen-bond donors (Lipinski definition) is 2. The highest BCUT2D eigenvalue weighted by Gasteiger charge is 2.23. The largest absolute Gasteiger partial charge is 0.325 e. The third kappa shape index (κ3) is 6.39. The predicted octanol–water partition coefficient (Wildman–Crippen LogP) is 1.83. The lowest BCUT2D eigenvalue weighted by Gasteiger charge is -2.34. The maximum Gasteiger partial charge on any atom is 0.0150 e. The van der Waals surface area contributed by atoms with Crippen LogP contribution in [0.2, 0.25) is 0 Å². The van der Waals surface area contributed by atoms with Crippen molar-refractivity contribution in [1.29, 1.82) is 0 Å². The second-order valence-corrected chi connectivity index (χ2v) is 6.87. The predicted molar refractivity (Wildman–Crippen MR) is 75.2 cm³/mol. The van der Waals surface area contributed by atoms with Crippen LogP contribution in [0.4, 0.5) is 0 Å². The van der Waals surface area contributed by atoms with Crippen LogP contribution < -0.4 is 11.1 Å². The highest BCUT2D eigenvalue weighted by Crippen LogP contribution is 2.25. The number of rotatable bonds is 0. The standard InChI is InChI=1S/C7H16N2.C7H15N/c1-7(8)3-5-9(2)6-4-7;1-7(2)3-5-8-6-4-7/h3-6,8H2,1-2H3;8H,3-6H2,1-2H3. The average Bonchev–Trinajstić information content (AvgIpc) is 2.23. The van der Waals surface area contributed by atoms with Crippen LogP contribution in [-0.4, -0.2) is 43.7 Å². The van der Waals surface area contributed by atoms with E-state index in [9.17, 15) is 0 Å². The Hall–Kier alpha value is -0.120. The second kappa shape index (κ2) is 6.17. The Morgan fingerprint density at radius 2 is 1.41 bits per heavy atom. The van der Waals surface area contributed by atoms with Gasteiger partial charge in [-0.2, -0.15) is 0 Å². The van der Waals surface area contributed by atoms with Gasteiger partial charge in [-0.15, -0.1) is 0 Å². The molecule has 0 amide bonds. The number of nitrogens with one attached hydrogen (secondary N) is 1. The lowest BCUT2D eigenvalue weighted by Crippen LogP contribution is -2.46. The summed E-state index contributed by atoms with van der Waals surface area (Å²) in [5, 5.41) is 3.34. The molecule has 17 heavy (non-hydrogen) atoms. The zero-order valence-electron chi connectivity index (χ0n) is 12.2. The lowest BCUT2D eigenvalue weighted by atomic mass is 9.83. The van der Waals surface area contributed by atoms with Gasteiger partial charge < -0.3 is 16.0 Å². The van der Waals surface area contributed by atoms with Crippen molar-refractivity contribution >= 4 is 0 Å². The van der Waals surface area contributed by atoms with Gasteiger partial charge in [0.05, 0.1) is 0 Å². The molecule has 2 rings (SSSR count). The molecule has 0 spiro atoms. The summed E-state index contributed by atoms with van der Waals surface area (Å²) in [4.78, 5) is 2.33. The van der Waals surface area contributed by atoms with Crippen LogP contribution in [0.15, 0.2) is 0 Å². The first-order valence-electron chi connectivity index (χ1n) is 6.99. The summed E-state index contributed by atoms with van der Waals surface area (Å²) < 4.78 is 0. The molecule has 3 nitrogen and oxygen atoms in total. The molecule has 0 unspecified atom stereocenters. The molecular formula is C14H31N3. The van der Waals surface area contributed by atoms with Gasteiger partial charge in [0.15, 0.2) is 0 Å². The minimum atomic E-state index is 0.118. The van der Waals surface area contributed by atoms with Crippen molar-refractivity contribution in [3.05, 3.63) is 0 Å². The Kier molecular flexibility index (Phi) is 5.42. The number of likely N-dealkylation sites (tertiary alicyclic amines) is 1. The van der Waals surface area contributed by atoms with E-state index >= 15 is 0 Å². The van der Waals surface area contributed by atoms with E-state index in [0.29, 0.717) is 5.41 Å². The Bertz CT molecular complexity index is 206. The molecular weight excluding hydrogens is 210 g/mol. The van der Waals surface area contributed by atoms with Gasteiger partial charge in [0.1, 0.15) is 0 Å². The van der Waals surface area contributed by atoms with Crippen molar-refractivity contribution in [3.63, 3.8) is 0 Å². The van der Waals surface area contributed by atoms with Crippen LogP contribution in [0.3, 0.4) is 0 Å². The van der Waals surface area contributed by atoms with E-state index < -0.39 is 0 Å². The first-order valence-corrected chi connectivity index (χ1v) is 6.99. The van der Waals surface area contributed by atoms with E-state index in [1.807, 2.05) is 0 Å². The lowest BCUT2D eigenvalue weighted by molar-refractivity contribution is 0.203. The third-order valence-corrected chi connectivity index (χ3v) is 4.09. The van der Waals surface area contributed by atoms with E-state index in [0.717, 1.165) is 25.9 Å². The number of piperidine rings is 2. The highest BCUT2D eigenvalue weighted by molar-refractivity contribution is 4.84. The van der Waals surface area contributed by atoms with Gasteiger partial charge in [0.2, 0.25) is 0 Å². The van der Waals surface area contributed by atoms with Crippen molar-refractivity contribution in [2.45, 2.75) is 52.0 Å². The molecule has 0 aliphatic carbocycles. The smallest absolute Gasteiger partial charge is 0.0150 e. The molecule has 0 saturated carbocycles. The molecule has 3 N–H and O–H groups in total. The van der Waals surface area contributed by atoms with E-state index in [1.165, 1.54) is 25.9 Å². The van der Waals surface area contributed by atoms with Crippen LogP contribution in [0.25, 0.3) is 0 Å². The van der Waals surface area contributed by atoms with Gasteiger partial charge in [-0.3, -0.25) is 0 Å². The zero-order valence-corrected chi connectivity index (χ0v) is 12.2. The average molecular weight is 241 g/mol. The molecule has 2 heterocycles. The molecule has 0 aromatic carbocycles. The van der Waals surface area contributed by atoms with Gasteiger partial charge in [-0.05, 0) is 71.2 Å². The first kappa shape index (κ1) is 14.9. The number of hydrogen-bond acceptors (Lipinski definition) is 3. The molecule has 0 bridgehead atoms. The fourth-order valence-corrected chi connectivity index (χ4v) is 2.23. The molecule has 0 aromatic heterocycles. The summed E-state index contributed by atoms with van der Waals surface area (Å²) in [6.45, 7) is 11.6. The van der Waals surface area contributed by atoms with Crippen molar-refractivity contribution in [1.82, 2.24) is 10.2 Å². The van der Waals surface area contributed by atoms with E-state index in [4.69, 9.17) is 5.73 Å². The summed E-state index contributed by atoms with van der Waals surface area (Å²) in [5.41, 5.74) is 6.65. The summed E-state index contributed by atoms with van der Waals surface area (Å²) in [7, 11) is 2.15. The summed E-state index contributed by atoms with van der Waals surface area (Å²) in [6.07, 6.45) is 4.97. The van der Waals surface area contributed by atoms with Crippen LogP contribution in [0.5, 0.6) is 0 Å². The fraction of sp³-hybridized carbons (Fsp3) is 1.00. The van der Waals surface area contributed by atoms with Gasteiger partial charge in [0.25, 0.3) is 0 Å². The molecule has 0 radical (unpaired) electrons. The van der Waals surface area contributed by atoms with Gasteiger partial charge >= 0.3 is 0 Å². The third-order valence-electron chi connectivity index (χ3n) is 4.09. The van der Waals surface area contributed by atoms with Crippen molar-refractivity contribution in [2.24, 2.45) is 11.1 Å². The maximum absolute atomic E-state index is 5.91. The highest BCUT2D eigenvalue weighted by atomic mass is 15.1. The molecule has 102 valence electrons. The number of nitrogens with two attached hydrogens (primary N) is 1. The minimum Gasteiger partial charge on any atom is -0.325 e. The molecule has 0 atom stereocenters. The van der Waals surface area contributed by atoms with Crippen LogP contribution in [0.1, 0.15) is 46.5 Å². The normalized spacial score (nSPS) is 28.1. The molecule has 2 aliphatic rings. The minimum absolute atomic E-state index is 0.118. The molecule has 3 heteroatoms. The second-order valence-electron chi connectivity index (χ2n) is 6.87. The van der Waals surface area contributed by atoms with Gasteiger partial charge in [-0.25, -0.2) is 0 Å². The maximum atomic E-state index is 5.91. The SMILES string of the molecule is CC1(C)CCNCC1.CN1CCC(C)(N)CC1. The Balaban J connectivity index is 0.000000171. The quantitative estimate of drug-likeness (QED) is 0.680. The Labute approximate surface area is 107 Å². The van der Waals surface area contributed by atoms with Crippen LogP contribution in [0, 0.1) is 5.41 Å². The first-order chi connectivity index (χ1) is 7.81. The molecule has 2 saturated heterocycles. The zero-order chi connectivity index (χ0) is 12.9. The van der Waals surface area contributed by atoms with Crippen LogP contribution >= 0.6 is 0 Å². The van der Waals surface area contributed by atoms with Crippen LogP contribution in [-0.2, 0) is 0 Å². The van der Waals surface area contributed by atoms with Crippen molar-refractivity contribution in [3.8, 4) is 0 Å². The molecule has 2 aliphatic heterocycles. The molecule has 0 aromatic rings. The Morgan fingerprint density at radius 1 is 0.941 bits per heavy atom.